The summed E-state index contributed by atoms with van der Waals surface area (Å²) in [5.41, 5.74) is 4.99. The Morgan fingerprint density at radius 1 is 1.38 bits per heavy atom. The van der Waals surface area contributed by atoms with Gasteiger partial charge in [-0.3, -0.25) is 9.48 Å². The highest BCUT2D eigenvalue weighted by Gasteiger charge is 2.35. The van der Waals surface area contributed by atoms with Crippen molar-refractivity contribution < 1.29 is 4.79 Å². The molecule has 5 nitrogen and oxygen atoms in total. The Kier molecular flexibility index (Phi) is 6.84. The van der Waals surface area contributed by atoms with Gasteiger partial charge in [-0.1, -0.05) is 23.8 Å². The normalized spacial score (nSPS) is 20.5. The quantitative estimate of drug-likeness (QED) is 0.842. The van der Waals surface area contributed by atoms with Gasteiger partial charge in [0.25, 0.3) is 0 Å². The zero-order chi connectivity index (χ0) is 18.0. The zero-order valence-electron chi connectivity index (χ0n) is 16.0. The Bertz CT molecular complexity index is 758. The molecule has 0 radical (unpaired) electrons. The number of benzene rings is 1. The summed E-state index contributed by atoms with van der Waals surface area (Å²) < 4.78 is 1.80. The lowest BCUT2D eigenvalue weighted by Crippen LogP contribution is -2.40. The van der Waals surface area contributed by atoms with Gasteiger partial charge in [0, 0.05) is 38.3 Å². The van der Waals surface area contributed by atoms with Gasteiger partial charge < -0.3 is 10.6 Å². The Morgan fingerprint density at radius 3 is 2.81 bits per heavy atom. The molecule has 1 unspecified atom stereocenters. The first-order chi connectivity index (χ1) is 11.9. The van der Waals surface area contributed by atoms with Gasteiger partial charge in [-0.25, -0.2) is 0 Å². The largest absolute Gasteiger partial charge is 0.353 e. The molecule has 1 aromatic carbocycles. The predicted molar refractivity (Wildman–Crippen MR) is 107 cm³/mol. The highest BCUT2D eigenvalue weighted by atomic mass is 35.5. The molecule has 3 atom stereocenters. The van der Waals surface area contributed by atoms with Crippen LogP contribution >= 0.6 is 12.4 Å². The number of hydrogen-bond acceptors (Lipinski definition) is 3. The molecule has 1 saturated heterocycles. The minimum absolute atomic E-state index is 0. The summed E-state index contributed by atoms with van der Waals surface area (Å²) >= 11 is 0. The molecule has 2 heterocycles. The van der Waals surface area contributed by atoms with Crippen LogP contribution in [-0.2, 0) is 18.3 Å². The van der Waals surface area contributed by atoms with Gasteiger partial charge >= 0.3 is 0 Å². The number of hydrogen-bond donors (Lipinski definition) is 2. The maximum atomic E-state index is 12.8. The number of aromatic nitrogens is 2. The van der Waals surface area contributed by atoms with E-state index in [0.29, 0.717) is 0 Å². The fourth-order valence-corrected chi connectivity index (χ4v) is 3.74. The molecule has 0 aliphatic carbocycles. The van der Waals surface area contributed by atoms with Crippen molar-refractivity contribution in [3.05, 3.63) is 52.8 Å². The third kappa shape index (κ3) is 4.65. The molecule has 26 heavy (non-hydrogen) atoms. The molecular weight excluding hydrogens is 348 g/mol. The highest BCUT2D eigenvalue weighted by molar-refractivity contribution is 5.85. The first-order valence-electron chi connectivity index (χ1n) is 9.00. The van der Waals surface area contributed by atoms with E-state index in [1.165, 1.54) is 16.7 Å². The molecule has 6 heteroatoms. The lowest BCUT2D eigenvalue weighted by atomic mass is 9.90. The number of rotatable bonds is 5. The van der Waals surface area contributed by atoms with Crippen LogP contribution in [0, 0.1) is 19.8 Å². The van der Waals surface area contributed by atoms with E-state index in [0.717, 1.165) is 25.1 Å². The molecular formula is C20H29ClN4O. The van der Waals surface area contributed by atoms with E-state index in [4.69, 9.17) is 0 Å². The van der Waals surface area contributed by atoms with Gasteiger partial charge in [0.05, 0.1) is 12.1 Å². The number of carbonyl (C=O) groups excluding carboxylic acids is 1. The molecule has 2 N–H and O–H groups in total. The van der Waals surface area contributed by atoms with E-state index in [-0.39, 0.29) is 36.2 Å². The number of nitrogens with zero attached hydrogens (tertiary/aromatic N) is 2. The summed E-state index contributed by atoms with van der Waals surface area (Å²) in [4.78, 5) is 12.8. The lowest BCUT2D eigenvalue weighted by molar-refractivity contribution is -0.125. The summed E-state index contributed by atoms with van der Waals surface area (Å²) in [6.45, 7) is 7.87. The average Bonchev–Trinajstić information content (AvgIpc) is 3.18. The van der Waals surface area contributed by atoms with Crippen molar-refractivity contribution in [3.63, 3.8) is 0 Å². The SMILES string of the molecule is Cc1ccc(CC(C)NC(=O)[C@H]2CNC[C@@H]2c2cnn(C)c2)c(C)c1.Cl. The summed E-state index contributed by atoms with van der Waals surface area (Å²) in [6.07, 6.45) is 4.74. The monoisotopic (exact) mass is 376 g/mol. The van der Waals surface area contributed by atoms with Crippen LogP contribution in [0.15, 0.2) is 30.6 Å². The van der Waals surface area contributed by atoms with E-state index in [1.54, 1.807) is 4.68 Å². The van der Waals surface area contributed by atoms with Gasteiger partial charge in [0.15, 0.2) is 0 Å². The molecule has 1 aromatic heterocycles. The Morgan fingerprint density at radius 2 is 2.15 bits per heavy atom. The summed E-state index contributed by atoms with van der Waals surface area (Å²) in [7, 11) is 1.91. The van der Waals surface area contributed by atoms with Crippen LogP contribution in [0.4, 0.5) is 0 Å². The molecule has 2 aromatic rings. The molecule has 1 aliphatic heterocycles. The number of nitrogens with one attached hydrogen (secondary N) is 2. The fourth-order valence-electron chi connectivity index (χ4n) is 3.74. The van der Waals surface area contributed by atoms with Crippen molar-refractivity contribution in [2.24, 2.45) is 13.0 Å². The second kappa shape index (κ2) is 8.69. The fraction of sp³-hybridized carbons (Fsp3) is 0.500. The van der Waals surface area contributed by atoms with E-state index in [1.807, 2.05) is 19.4 Å². The smallest absolute Gasteiger partial charge is 0.225 e. The van der Waals surface area contributed by atoms with Crippen molar-refractivity contribution in [2.45, 2.75) is 39.2 Å². The van der Waals surface area contributed by atoms with Gasteiger partial charge in [0.1, 0.15) is 0 Å². The van der Waals surface area contributed by atoms with Crippen molar-refractivity contribution in [1.29, 1.82) is 0 Å². The van der Waals surface area contributed by atoms with E-state index >= 15 is 0 Å². The van der Waals surface area contributed by atoms with Crippen LogP contribution < -0.4 is 10.6 Å². The second-order valence-electron chi connectivity index (χ2n) is 7.36. The van der Waals surface area contributed by atoms with Gasteiger partial charge in [-0.15, -0.1) is 12.4 Å². The molecule has 3 rings (SSSR count). The Hall–Kier alpha value is -1.85. The van der Waals surface area contributed by atoms with Crippen LogP contribution in [0.2, 0.25) is 0 Å². The summed E-state index contributed by atoms with van der Waals surface area (Å²) in [6, 6.07) is 6.62. The minimum atomic E-state index is -0.0363. The average molecular weight is 377 g/mol. The van der Waals surface area contributed by atoms with E-state index in [2.05, 4.69) is 54.7 Å². The van der Waals surface area contributed by atoms with Crippen LogP contribution in [0.1, 0.15) is 35.1 Å². The van der Waals surface area contributed by atoms with Gasteiger partial charge in [-0.2, -0.15) is 5.10 Å². The third-order valence-corrected chi connectivity index (χ3v) is 5.12. The number of carbonyl (C=O) groups is 1. The Labute approximate surface area is 162 Å². The van der Waals surface area contributed by atoms with Crippen molar-refractivity contribution in [3.8, 4) is 0 Å². The Balaban J connectivity index is 0.00000243. The van der Waals surface area contributed by atoms with Gasteiger partial charge in [-0.05, 0) is 43.9 Å². The number of halogens is 1. The molecule has 1 amide bonds. The molecule has 142 valence electrons. The predicted octanol–water partition coefficient (Wildman–Crippen LogP) is 2.51. The first-order valence-corrected chi connectivity index (χ1v) is 9.00. The van der Waals surface area contributed by atoms with E-state index < -0.39 is 0 Å². The maximum absolute atomic E-state index is 12.8. The maximum Gasteiger partial charge on any atom is 0.225 e. The minimum Gasteiger partial charge on any atom is -0.353 e. The standard InChI is InChI=1S/C20H28N4O.ClH/c1-13-5-6-16(14(2)7-13)8-15(3)23-20(25)19-11-21-10-18(19)17-9-22-24(4)12-17;/h5-7,9,12,15,18-19,21H,8,10-11H2,1-4H3,(H,23,25);1H/t15?,18-,19+;/m1./s1. The van der Waals surface area contributed by atoms with Crippen molar-refractivity contribution in [2.75, 3.05) is 13.1 Å². The van der Waals surface area contributed by atoms with Crippen LogP contribution in [-0.4, -0.2) is 34.8 Å². The molecule has 0 bridgehead atoms. The van der Waals surface area contributed by atoms with Crippen LogP contribution in [0.5, 0.6) is 0 Å². The van der Waals surface area contributed by atoms with E-state index in [9.17, 15) is 4.79 Å². The van der Waals surface area contributed by atoms with Crippen LogP contribution in [0.25, 0.3) is 0 Å². The molecule has 0 spiro atoms. The summed E-state index contributed by atoms with van der Waals surface area (Å²) in [5, 5.41) is 10.8. The summed E-state index contributed by atoms with van der Waals surface area (Å²) in [5.74, 6) is 0.295. The first kappa shape index (κ1) is 20.5. The third-order valence-electron chi connectivity index (χ3n) is 5.12. The molecule has 1 aliphatic rings. The molecule has 1 fully saturated rings. The topological polar surface area (TPSA) is 59.0 Å². The van der Waals surface area contributed by atoms with Crippen molar-refractivity contribution >= 4 is 18.3 Å². The number of amides is 1. The zero-order valence-corrected chi connectivity index (χ0v) is 16.8. The lowest BCUT2D eigenvalue weighted by Gasteiger charge is -2.21. The van der Waals surface area contributed by atoms with Gasteiger partial charge in [0.2, 0.25) is 5.91 Å². The van der Waals surface area contributed by atoms with Crippen molar-refractivity contribution in [1.82, 2.24) is 20.4 Å². The highest BCUT2D eigenvalue weighted by Crippen LogP contribution is 2.28. The van der Waals surface area contributed by atoms with Crippen LogP contribution in [0.3, 0.4) is 0 Å². The number of aryl methyl sites for hydroxylation is 3. The molecule has 0 saturated carbocycles. The second-order valence-corrected chi connectivity index (χ2v) is 7.36.